The van der Waals surface area contributed by atoms with Crippen molar-refractivity contribution in [1.82, 2.24) is 5.32 Å². The fourth-order valence-electron chi connectivity index (χ4n) is 3.14. The van der Waals surface area contributed by atoms with Gasteiger partial charge in [-0.25, -0.2) is 0 Å². The molecule has 2 rings (SSSR count). The summed E-state index contributed by atoms with van der Waals surface area (Å²) in [6.07, 6.45) is 1.37. The number of piperidine rings is 1. The van der Waals surface area contributed by atoms with Crippen LogP contribution in [0.4, 0.5) is 5.69 Å². The zero-order valence-corrected chi connectivity index (χ0v) is 12.2. The molecule has 0 amide bonds. The van der Waals surface area contributed by atoms with E-state index in [4.69, 9.17) is 0 Å². The molecule has 2 nitrogen and oxygen atoms in total. The Morgan fingerprint density at radius 2 is 1.89 bits per heavy atom. The fraction of sp³-hybridized carbons (Fsp3) is 0.625. The van der Waals surface area contributed by atoms with Gasteiger partial charge in [-0.3, -0.25) is 0 Å². The van der Waals surface area contributed by atoms with Crippen LogP contribution in [0.2, 0.25) is 0 Å². The highest BCUT2D eigenvalue weighted by Crippen LogP contribution is 2.27. The highest BCUT2D eigenvalue weighted by atomic mass is 15.1. The Balaban J connectivity index is 2.15. The Hall–Kier alpha value is -1.02. The lowest BCUT2D eigenvalue weighted by atomic mass is 9.91. The normalized spacial score (nSPS) is 24.3. The van der Waals surface area contributed by atoms with E-state index in [0.717, 1.165) is 18.4 Å². The molecule has 0 spiro atoms. The Morgan fingerprint density at radius 3 is 2.44 bits per heavy atom. The fourth-order valence-corrected chi connectivity index (χ4v) is 3.14. The van der Waals surface area contributed by atoms with Crippen LogP contribution in [0.25, 0.3) is 0 Å². The summed E-state index contributed by atoms with van der Waals surface area (Å²) in [5, 5.41) is 3.22. The first kappa shape index (κ1) is 13.4. The van der Waals surface area contributed by atoms with Crippen molar-refractivity contribution in [1.29, 1.82) is 0 Å². The van der Waals surface area contributed by atoms with Gasteiger partial charge in [-0.05, 0) is 55.5 Å². The van der Waals surface area contributed by atoms with E-state index in [-0.39, 0.29) is 0 Å². The van der Waals surface area contributed by atoms with E-state index in [1.807, 2.05) is 7.05 Å². The molecule has 1 heterocycles. The van der Waals surface area contributed by atoms with Gasteiger partial charge in [0.2, 0.25) is 0 Å². The van der Waals surface area contributed by atoms with Crippen LogP contribution in [0, 0.1) is 18.8 Å². The number of nitrogens with zero attached hydrogens (tertiary/aromatic N) is 1. The summed E-state index contributed by atoms with van der Waals surface area (Å²) in [7, 11) is 2.00. The molecule has 0 aliphatic carbocycles. The minimum atomic E-state index is 0.811. The minimum absolute atomic E-state index is 0.811. The molecule has 0 saturated carbocycles. The van der Waals surface area contributed by atoms with Crippen LogP contribution in [-0.2, 0) is 6.54 Å². The number of hydrogen-bond acceptors (Lipinski definition) is 2. The largest absolute Gasteiger partial charge is 0.371 e. The van der Waals surface area contributed by atoms with Crippen LogP contribution >= 0.6 is 0 Å². The standard InChI is InChI=1S/C16H26N2/c1-12-7-13(2)11-18(10-12)16-6-5-15(9-17-4)14(3)8-16/h5-6,8,12-13,17H,7,9-11H2,1-4H3. The van der Waals surface area contributed by atoms with Crippen LogP contribution < -0.4 is 10.2 Å². The first-order chi connectivity index (χ1) is 8.60. The van der Waals surface area contributed by atoms with E-state index in [9.17, 15) is 0 Å². The molecule has 0 aromatic heterocycles. The van der Waals surface area contributed by atoms with E-state index in [1.165, 1.54) is 36.3 Å². The summed E-state index contributed by atoms with van der Waals surface area (Å²) in [6, 6.07) is 6.90. The Kier molecular flexibility index (Phi) is 4.28. The van der Waals surface area contributed by atoms with Gasteiger partial charge in [0.15, 0.2) is 0 Å². The van der Waals surface area contributed by atoms with E-state index in [0.29, 0.717) is 0 Å². The number of aryl methyl sites for hydroxylation is 1. The Labute approximate surface area is 111 Å². The van der Waals surface area contributed by atoms with Crippen LogP contribution in [0.3, 0.4) is 0 Å². The van der Waals surface area contributed by atoms with Crippen molar-refractivity contribution in [3.63, 3.8) is 0 Å². The highest BCUT2D eigenvalue weighted by Gasteiger charge is 2.22. The third kappa shape index (κ3) is 3.05. The molecule has 1 N–H and O–H groups in total. The summed E-state index contributed by atoms with van der Waals surface area (Å²) in [5.74, 6) is 1.62. The number of hydrogen-bond donors (Lipinski definition) is 1. The molecule has 1 saturated heterocycles. The van der Waals surface area contributed by atoms with Gasteiger partial charge in [0.25, 0.3) is 0 Å². The second kappa shape index (κ2) is 5.75. The first-order valence-electron chi connectivity index (χ1n) is 7.09. The van der Waals surface area contributed by atoms with Crippen molar-refractivity contribution < 1.29 is 0 Å². The van der Waals surface area contributed by atoms with E-state index in [2.05, 4.69) is 49.2 Å². The molecule has 0 bridgehead atoms. The molecule has 18 heavy (non-hydrogen) atoms. The maximum Gasteiger partial charge on any atom is 0.0369 e. The molecule has 1 aromatic carbocycles. The van der Waals surface area contributed by atoms with Gasteiger partial charge in [-0.15, -0.1) is 0 Å². The molecule has 2 heteroatoms. The molecular formula is C16H26N2. The van der Waals surface area contributed by atoms with E-state index >= 15 is 0 Å². The van der Waals surface area contributed by atoms with Crippen LogP contribution in [0.15, 0.2) is 18.2 Å². The SMILES string of the molecule is CNCc1ccc(N2CC(C)CC(C)C2)cc1C. The van der Waals surface area contributed by atoms with Crippen molar-refractivity contribution in [2.45, 2.75) is 33.7 Å². The predicted octanol–water partition coefficient (Wildman–Crippen LogP) is 3.20. The lowest BCUT2D eigenvalue weighted by molar-refractivity contribution is 0.357. The van der Waals surface area contributed by atoms with E-state index < -0.39 is 0 Å². The molecule has 1 aliphatic rings. The molecular weight excluding hydrogens is 220 g/mol. The molecule has 0 radical (unpaired) electrons. The maximum atomic E-state index is 3.22. The third-order valence-electron chi connectivity index (χ3n) is 3.93. The average Bonchev–Trinajstić information content (AvgIpc) is 2.30. The van der Waals surface area contributed by atoms with Crippen LogP contribution in [0.1, 0.15) is 31.4 Å². The van der Waals surface area contributed by atoms with Gasteiger partial charge >= 0.3 is 0 Å². The molecule has 2 unspecified atom stereocenters. The summed E-state index contributed by atoms with van der Waals surface area (Å²) < 4.78 is 0. The summed E-state index contributed by atoms with van der Waals surface area (Å²) in [6.45, 7) is 10.3. The summed E-state index contributed by atoms with van der Waals surface area (Å²) >= 11 is 0. The van der Waals surface area contributed by atoms with Crippen molar-refractivity contribution in [2.75, 3.05) is 25.0 Å². The third-order valence-corrected chi connectivity index (χ3v) is 3.93. The Bertz CT molecular complexity index is 390. The van der Waals surface area contributed by atoms with Crippen molar-refractivity contribution >= 4 is 5.69 Å². The average molecular weight is 246 g/mol. The molecule has 100 valence electrons. The van der Waals surface area contributed by atoms with Gasteiger partial charge in [0.05, 0.1) is 0 Å². The monoisotopic (exact) mass is 246 g/mol. The van der Waals surface area contributed by atoms with Crippen LogP contribution in [0.5, 0.6) is 0 Å². The first-order valence-corrected chi connectivity index (χ1v) is 7.09. The lowest BCUT2D eigenvalue weighted by Crippen LogP contribution is -2.38. The van der Waals surface area contributed by atoms with Gasteiger partial charge in [-0.2, -0.15) is 0 Å². The number of benzene rings is 1. The minimum Gasteiger partial charge on any atom is -0.371 e. The Morgan fingerprint density at radius 1 is 1.22 bits per heavy atom. The molecule has 1 aromatic rings. The second-order valence-electron chi connectivity index (χ2n) is 5.99. The predicted molar refractivity (Wildman–Crippen MR) is 79.1 cm³/mol. The number of nitrogens with one attached hydrogen (secondary N) is 1. The topological polar surface area (TPSA) is 15.3 Å². The van der Waals surface area contributed by atoms with Crippen molar-refractivity contribution in [2.24, 2.45) is 11.8 Å². The van der Waals surface area contributed by atoms with Crippen LogP contribution in [-0.4, -0.2) is 20.1 Å². The second-order valence-corrected chi connectivity index (χ2v) is 5.99. The molecule has 1 aliphatic heterocycles. The summed E-state index contributed by atoms with van der Waals surface area (Å²) in [4.78, 5) is 2.55. The number of rotatable bonds is 3. The number of anilines is 1. The van der Waals surface area contributed by atoms with Gasteiger partial charge < -0.3 is 10.2 Å². The van der Waals surface area contributed by atoms with Gasteiger partial charge in [0, 0.05) is 25.3 Å². The zero-order chi connectivity index (χ0) is 13.1. The lowest BCUT2D eigenvalue weighted by Gasteiger charge is -2.37. The zero-order valence-electron chi connectivity index (χ0n) is 12.2. The van der Waals surface area contributed by atoms with Crippen molar-refractivity contribution in [3.8, 4) is 0 Å². The smallest absolute Gasteiger partial charge is 0.0369 e. The highest BCUT2D eigenvalue weighted by molar-refractivity contribution is 5.51. The molecule has 1 fully saturated rings. The quantitative estimate of drug-likeness (QED) is 0.881. The van der Waals surface area contributed by atoms with Crippen molar-refractivity contribution in [3.05, 3.63) is 29.3 Å². The van der Waals surface area contributed by atoms with Gasteiger partial charge in [-0.1, -0.05) is 19.9 Å². The van der Waals surface area contributed by atoms with E-state index in [1.54, 1.807) is 0 Å². The van der Waals surface area contributed by atoms with Gasteiger partial charge in [0.1, 0.15) is 0 Å². The summed E-state index contributed by atoms with van der Waals surface area (Å²) in [5.41, 5.74) is 4.19. The molecule has 2 atom stereocenters. The maximum absolute atomic E-state index is 3.22.